The number of amides is 2. The maximum atomic E-state index is 12.4. The van der Waals surface area contributed by atoms with Crippen LogP contribution in [0.3, 0.4) is 0 Å². The van der Waals surface area contributed by atoms with Crippen LogP contribution in [0, 0.1) is 6.92 Å². The molecule has 134 valence electrons. The van der Waals surface area contributed by atoms with Gasteiger partial charge in [0.25, 0.3) is 0 Å². The topological polar surface area (TPSA) is 71.8 Å². The van der Waals surface area contributed by atoms with Crippen molar-refractivity contribution in [2.45, 2.75) is 33.2 Å². The van der Waals surface area contributed by atoms with E-state index in [2.05, 4.69) is 34.7 Å². The minimum atomic E-state index is -0.260. The lowest BCUT2D eigenvalue weighted by Gasteiger charge is -2.16. The molecule has 1 aromatic heterocycles. The highest BCUT2D eigenvalue weighted by molar-refractivity contribution is 5.91. The van der Waals surface area contributed by atoms with Crippen molar-refractivity contribution in [2.24, 2.45) is 0 Å². The zero-order chi connectivity index (χ0) is 18.5. The maximum absolute atomic E-state index is 12.4. The van der Waals surface area contributed by atoms with Crippen LogP contribution >= 0.6 is 0 Å². The first-order valence-corrected chi connectivity index (χ1v) is 8.65. The van der Waals surface area contributed by atoms with Crippen molar-refractivity contribution in [3.8, 4) is 5.69 Å². The van der Waals surface area contributed by atoms with Gasteiger partial charge in [0.05, 0.1) is 6.54 Å². The van der Waals surface area contributed by atoms with Crippen LogP contribution in [0.15, 0.2) is 54.9 Å². The molecular formula is C20H23N5O. The van der Waals surface area contributed by atoms with Crippen molar-refractivity contribution >= 4 is 11.7 Å². The zero-order valence-corrected chi connectivity index (χ0v) is 15.2. The molecule has 2 N–H and O–H groups in total. The lowest BCUT2D eigenvalue weighted by Crippen LogP contribution is -2.30. The van der Waals surface area contributed by atoms with Gasteiger partial charge in [-0.3, -0.25) is 4.57 Å². The molecular weight excluding hydrogens is 326 g/mol. The first-order valence-electron chi connectivity index (χ1n) is 8.65. The van der Waals surface area contributed by atoms with Crippen LogP contribution in [0.4, 0.5) is 10.5 Å². The van der Waals surface area contributed by atoms with E-state index in [4.69, 9.17) is 0 Å². The van der Waals surface area contributed by atoms with E-state index in [1.54, 1.807) is 6.33 Å². The fourth-order valence-corrected chi connectivity index (χ4v) is 2.84. The quantitative estimate of drug-likeness (QED) is 0.731. The molecule has 0 fully saturated rings. The minimum Gasteiger partial charge on any atom is -0.331 e. The second kappa shape index (κ2) is 7.82. The SMILES string of the molecule is Cc1cccc(C(C)C)c1NC(=O)NCc1nncn1-c1ccccc1. The van der Waals surface area contributed by atoms with E-state index < -0.39 is 0 Å². The molecule has 3 aromatic rings. The van der Waals surface area contributed by atoms with Crippen LogP contribution in [0.1, 0.15) is 36.7 Å². The highest BCUT2D eigenvalue weighted by Crippen LogP contribution is 2.27. The molecule has 2 aromatic carbocycles. The van der Waals surface area contributed by atoms with Gasteiger partial charge in [-0.05, 0) is 36.1 Å². The molecule has 0 bridgehead atoms. The van der Waals surface area contributed by atoms with Gasteiger partial charge in [0.15, 0.2) is 5.82 Å². The summed E-state index contributed by atoms with van der Waals surface area (Å²) in [6.07, 6.45) is 1.64. The second-order valence-corrected chi connectivity index (χ2v) is 6.45. The van der Waals surface area contributed by atoms with E-state index in [0.29, 0.717) is 11.7 Å². The fraction of sp³-hybridized carbons (Fsp3) is 0.250. The van der Waals surface area contributed by atoms with Gasteiger partial charge in [0, 0.05) is 11.4 Å². The van der Waals surface area contributed by atoms with E-state index in [9.17, 15) is 4.79 Å². The largest absolute Gasteiger partial charge is 0.331 e. The number of benzene rings is 2. The van der Waals surface area contributed by atoms with Crippen molar-refractivity contribution in [2.75, 3.05) is 5.32 Å². The molecule has 3 rings (SSSR count). The number of urea groups is 1. The Kier molecular flexibility index (Phi) is 5.31. The first kappa shape index (κ1) is 17.7. The normalized spacial score (nSPS) is 10.8. The Hall–Kier alpha value is -3.15. The van der Waals surface area contributed by atoms with E-state index in [1.807, 2.05) is 60.0 Å². The number of para-hydroxylation sites is 2. The molecule has 26 heavy (non-hydrogen) atoms. The van der Waals surface area contributed by atoms with Gasteiger partial charge >= 0.3 is 6.03 Å². The standard InChI is InChI=1S/C20H23N5O/c1-14(2)17-11-7-8-15(3)19(17)23-20(26)21-12-18-24-22-13-25(18)16-9-5-4-6-10-16/h4-11,13-14H,12H2,1-3H3,(H2,21,23,26). The number of aromatic nitrogens is 3. The Balaban J connectivity index is 1.69. The number of hydrogen-bond acceptors (Lipinski definition) is 3. The van der Waals surface area contributed by atoms with E-state index >= 15 is 0 Å². The Bertz CT molecular complexity index is 886. The summed E-state index contributed by atoms with van der Waals surface area (Å²) in [6.45, 7) is 6.50. The summed E-state index contributed by atoms with van der Waals surface area (Å²) in [5.41, 5.74) is 3.98. The monoisotopic (exact) mass is 349 g/mol. The van der Waals surface area contributed by atoms with E-state index in [1.165, 1.54) is 0 Å². The molecule has 6 nitrogen and oxygen atoms in total. The van der Waals surface area contributed by atoms with Crippen LogP contribution in [0.25, 0.3) is 5.69 Å². The summed E-state index contributed by atoms with van der Waals surface area (Å²) in [6, 6.07) is 15.6. The third kappa shape index (κ3) is 3.91. The summed E-state index contributed by atoms with van der Waals surface area (Å²) < 4.78 is 1.85. The van der Waals surface area contributed by atoms with E-state index in [0.717, 1.165) is 22.5 Å². The first-order chi connectivity index (χ1) is 12.6. The summed E-state index contributed by atoms with van der Waals surface area (Å²) in [4.78, 5) is 12.4. The third-order valence-electron chi connectivity index (χ3n) is 4.23. The third-order valence-corrected chi connectivity index (χ3v) is 4.23. The Labute approximate surface area is 153 Å². The average molecular weight is 349 g/mol. The average Bonchev–Trinajstić information content (AvgIpc) is 3.11. The molecule has 2 amide bonds. The van der Waals surface area contributed by atoms with Crippen molar-refractivity contribution in [1.29, 1.82) is 0 Å². The van der Waals surface area contributed by atoms with Crippen LogP contribution < -0.4 is 10.6 Å². The van der Waals surface area contributed by atoms with Gasteiger partial charge < -0.3 is 10.6 Å². The fourth-order valence-electron chi connectivity index (χ4n) is 2.84. The van der Waals surface area contributed by atoms with Crippen LogP contribution in [-0.2, 0) is 6.54 Å². The number of nitrogens with zero attached hydrogens (tertiary/aromatic N) is 3. The van der Waals surface area contributed by atoms with Crippen molar-refractivity contribution < 1.29 is 4.79 Å². The Morgan fingerprint density at radius 2 is 1.88 bits per heavy atom. The molecule has 0 radical (unpaired) electrons. The van der Waals surface area contributed by atoms with E-state index in [-0.39, 0.29) is 12.6 Å². The lowest BCUT2D eigenvalue weighted by atomic mass is 9.98. The number of carbonyl (C=O) groups is 1. The summed E-state index contributed by atoms with van der Waals surface area (Å²) in [5, 5.41) is 13.9. The van der Waals surface area contributed by atoms with Gasteiger partial charge in [0.2, 0.25) is 0 Å². The molecule has 1 heterocycles. The molecule has 0 aliphatic heterocycles. The number of hydrogen-bond donors (Lipinski definition) is 2. The highest BCUT2D eigenvalue weighted by Gasteiger charge is 2.13. The second-order valence-electron chi connectivity index (χ2n) is 6.45. The Morgan fingerprint density at radius 1 is 1.12 bits per heavy atom. The molecule has 0 atom stereocenters. The van der Waals surface area contributed by atoms with Crippen molar-refractivity contribution in [1.82, 2.24) is 20.1 Å². The van der Waals surface area contributed by atoms with Crippen LogP contribution in [-0.4, -0.2) is 20.8 Å². The smallest absolute Gasteiger partial charge is 0.319 e. The van der Waals surface area contributed by atoms with Crippen molar-refractivity contribution in [3.05, 3.63) is 71.8 Å². The lowest BCUT2D eigenvalue weighted by molar-refractivity contribution is 0.251. The summed E-state index contributed by atoms with van der Waals surface area (Å²) >= 11 is 0. The van der Waals surface area contributed by atoms with Gasteiger partial charge in [-0.1, -0.05) is 50.2 Å². The highest BCUT2D eigenvalue weighted by atomic mass is 16.2. The maximum Gasteiger partial charge on any atom is 0.319 e. The number of rotatable bonds is 5. The molecule has 0 aliphatic rings. The summed E-state index contributed by atoms with van der Waals surface area (Å²) in [7, 11) is 0. The minimum absolute atomic E-state index is 0.260. The van der Waals surface area contributed by atoms with Gasteiger partial charge in [0.1, 0.15) is 6.33 Å². The number of nitrogens with one attached hydrogen (secondary N) is 2. The predicted octanol–water partition coefficient (Wildman–Crippen LogP) is 4.02. The Morgan fingerprint density at radius 3 is 2.62 bits per heavy atom. The van der Waals surface area contributed by atoms with Gasteiger partial charge in [-0.15, -0.1) is 10.2 Å². The molecule has 0 aliphatic carbocycles. The van der Waals surface area contributed by atoms with Crippen LogP contribution in [0.5, 0.6) is 0 Å². The molecule has 0 spiro atoms. The number of aryl methyl sites for hydroxylation is 1. The molecule has 0 unspecified atom stereocenters. The van der Waals surface area contributed by atoms with Gasteiger partial charge in [-0.2, -0.15) is 0 Å². The van der Waals surface area contributed by atoms with Crippen molar-refractivity contribution in [3.63, 3.8) is 0 Å². The molecule has 6 heteroatoms. The number of anilines is 1. The molecule has 0 saturated heterocycles. The predicted molar refractivity (Wildman–Crippen MR) is 102 cm³/mol. The molecule has 0 saturated carbocycles. The van der Waals surface area contributed by atoms with Crippen LogP contribution in [0.2, 0.25) is 0 Å². The number of carbonyl (C=O) groups excluding carboxylic acids is 1. The zero-order valence-electron chi connectivity index (χ0n) is 15.2. The van der Waals surface area contributed by atoms with Gasteiger partial charge in [-0.25, -0.2) is 4.79 Å². The summed E-state index contributed by atoms with van der Waals surface area (Å²) in [5.74, 6) is 0.992.